The van der Waals surface area contributed by atoms with Gasteiger partial charge in [-0.3, -0.25) is 14.4 Å². The van der Waals surface area contributed by atoms with Gasteiger partial charge in [0.2, 0.25) is 17.7 Å². The van der Waals surface area contributed by atoms with E-state index < -0.39 is 54.5 Å². The van der Waals surface area contributed by atoms with Crippen LogP contribution in [0.5, 0.6) is 0 Å². The molecule has 4 rings (SSSR count). The van der Waals surface area contributed by atoms with Crippen molar-refractivity contribution in [2.75, 3.05) is 6.61 Å². The molecule has 0 fully saturated rings. The number of H-pyrrole nitrogens is 2. The molecule has 4 aromatic rings. The molecule has 0 saturated heterocycles. The fraction of sp³-hybridized carbons (Fsp3) is 0.355. The van der Waals surface area contributed by atoms with Gasteiger partial charge in [0.15, 0.2) is 0 Å². The number of rotatable bonds is 14. The Morgan fingerprint density at radius 2 is 1.26 bits per heavy atom. The number of amides is 3. The number of nitrogens with two attached hydrogens (primary N) is 1. The first-order chi connectivity index (χ1) is 20.6. The topological polar surface area (TPSA) is 202 Å². The van der Waals surface area contributed by atoms with Crippen molar-refractivity contribution < 1.29 is 29.4 Å². The minimum atomic E-state index is -1.25. The van der Waals surface area contributed by atoms with E-state index >= 15 is 0 Å². The van der Waals surface area contributed by atoms with Crippen molar-refractivity contribution in [2.24, 2.45) is 11.7 Å². The van der Waals surface area contributed by atoms with Crippen molar-refractivity contribution in [3.63, 3.8) is 0 Å². The number of aliphatic hydroxyl groups excluding tert-OH is 1. The molecule has 0 bridgehead atoms. The van der Waals surface area contributed by atoms with Crippen LogP contribution < -0.4 is 21.7 Å². The number of nitrogens with one attached hydrogen (secondary N) is 5. The molecule has 43 heavy (non-hydrogen) atoms. The van der Waals surface area contributed by atoms with E-state index in [-0.39, 0.29) is 18.8 Å². The quantitative estimate of drug-likeness (QED) is 0.108. The molecule has 2 heterocycles. The molecule has 5 atom stereocenters. The molecule has 0 saturated carbocycles. The summed E-state index contributed by atoms with van der Waals surface area (Å²) in [6.07, 6.45) is 4.11. The Balaban J connectivity index is 1.65. The van der Waals surface area contributed by atoms with Gasteiger partial charge in [-0.05, 0) is 29.2 Å². The largest absolute Gasteiger partial charge is 0.480 e. The zero-order chi connectivity index (χ0) is 31.1. The fourth-order valence-electron chi connectivity index (χ4n) is 5.03. The Morgan fingerprint density at radius 3 is 1.72 bits per heavy atom. The van der Waals surface area contributed by atoms with Crippen molar-refractivity contribution in [1.29, 1.82) is 0 Å². The number of carboxylic acids is 1. The van der Waals surface area contributed by atoms with Crippen LogP contribution in [0.3, 0.4) is 0 Å². The van der Waals surface area contributed by atoms with E-state index in [1.165, 1.54) is 0 Å². The number of aliphatic hydroxyl groups is 1. The van der Waals surface area contributed by atoms with Gasteiger partial charge in [-0.1, -0.05) is 56.7 Å². The summed E-state index contributed by atoms with van der Waals surface area (Å²) in [4.78, 5) is 58.4. The molecule has 0 aliphatic rings. The van der Waals surface area contributed by atoms with Crippen LogP contribution in [-0.2, 0) is 32.0 Å². The van der Waals surface area contributed by atoms with Crippen molar-refractivity contribution in [2.45, 2.75) is 57.3 Å². The lowest BCUT2D eigenvalue weighted by molar-refractivity contribution is -0.143. The minimum Gasteiger partial charge on any atom is -0.480 e. The summed E-state index contributed by atoms with van der Waals surface area (Å²) in [5, 5.41) is 28.9. The summed E-state index contributed by atoms with van der Waals surface area (Å²) in [5.74, 6) is -3.61. The normalized spacial score (nSPS) is 14.9. The second-order valence-corrected chi connectivity index (χ2v) is 10.7. The van der Waals surface area contributed by atoms with Gasteiger partial charge in [-0.2, -0.15) is 0 Å². The summed E-state index contributed by atoms with van der Waals surface area (Å²) in [7, 11) is 0. The molecule has 228 valence electrons. The summed E-state index contributed by atoms with van der Waals surface area (Å²) in [6.45, 7) is 2.93. The predicted octanol–water partition coefficient (Wildman–Crippen LogP) is 1.34. The van der Waals surface area contributed by atoms with E-state index in [2.05, 4.69) is 25.9 Å². The molecule has 0 spiro atoms. The van der Waals surface area contributed by atoms with E-state index in [4.69, 9.17) is 5.73 Å². The van der Waals surface area contributed by atoms with Gasteiger partial charge in [0.25, 0.3) is 0 Å². The molecule has 0 radical (unpaired) electrons. The molecule has 12 nitrogen and oxygen atoms in total. The lowest BCUT2D eigenvalue weighted by Crippen LogP contribution is -2.59. The van der Waals surface area contributed by atoms with Crippen LogP contribution in [0.1, 0.15) is 31.4 Å². The van der Waals surface area contributed by atoms with Gasteiger partial charge in [0, 0.05) is 47.0 Å². The highest BCUT2D eigenvalue weighted by atomic mass is 16.4. The van der Waals surface area contributed by atoms with E-state index in [0.29, 0.717) is 6.42 Å². The first-order valence-corrected chi connectivity index (χ1v) is 14.2. The van der Waals surface area contributed by atoms with E-state index in [1.807, 2.05) is 55.5 Å². The Kier molecular flexibility index (Phi) is 10.2. The van der Waals surface area contributed by atoms with Gasteiger partial charge < -0.3 is 41.9 Å². The zero-order valence-electron chi connectivity index (χ0n) is 24.1. The fourth-order valence-corrected chi connectivity index (χ4v) is 5.03. The molecule has 12 heteroatoms. The van der Waals surface area contributed by atoms with Crippen LogP contribution in [0.15, 0.2) is 60.9 Å². The van der Waals surface area contributed by atoms with Crippen LogP contribution in [0.25, 0.3) is 21.8 Å². The average Bonchev–Trinajstić information content (AvgIpc) is 3.61. The zero-order valence-corrected chi connectivity index (χ0v) is 24.1. The minimum absolute atomic E-state index is 0.0539. The Bertz CT molecular complexity index is 1600. The first kappa shape index (κ1) is 31.3. The van der Waals surface area contributed by atoms with Crippen molar-refractivity contribution in [3.8, 4) is 0 Å². The number of hydrogen-bond acceptors (Lipinski definition) is 6. The molecule has 0 aliphatic carbocycles. The van der Waals surface area contributed by atoms with E-state index in [1.54, 1.807) is 19.3 Å². The molecular weight excluding hydrogens is 552 g/mol. The van der Waals surface area contributed by atoms with E-state index in [0.717, 1.165) is 32.9 Å². The highest BCUT2D eigenvalue weighted by Gasteiger charge is 2.33. The maximum absolute atomic E-state index is 13.8. The number of aliphatic carboxylic acids is 1. The number of aromatic amines is 2. The van der Waals surface area contributed by atoms with Gasteiger partial charge in [-0.15, -0.1) is 0 Å². The summed E-state index contributed by atoms with van der Waals surface area (Å²) < 4.78 is 0. The van der Waals surface area contributed by atoms with Crippen LogP contribution in [-0.4, -0.2) is 74.6 Å². The number of benzene rings is 2. The van der Waals surface area contributed by atoms with E-state index in [9.17, 15) is 29.4 Å². The van der Waals surface area contributed by atoms with Crippen molar-refractivity contribution >= 4 is 45.5 Å². The summed E-state index contributed by atoms with van der Waals surface area (Å²) in [6, 6.07) is 10.2. The Labute approximate surface area is 248 Å². The van der Waals surface area contributed by atoms with Gasteiger partial charge >= 0.3 is 5.97 Å². The van der Waals surface area contributed by atoms with Crippen molar-refractivity contribution in [3.05, 3.63) is 72.1 Å². The smallest absolute Gasteiger partial charge is 0.326 e. The predicted molar refractivity (Wildman–Crippen MR) is 162 cm³/mol. The third-order valence-electron chi connectivity index (χ3n) is 7.77. The van der Waals surface area contributed by atoms with Crippen LogP contribution in [0.4, 0.5) is 0 Å². The highest BCUT2D eigenvalue weighted by Crippen LogP contribution is 2.21. The molecule has 9 N–H and O–H groups in total. The standard InChI is InChI=1S/C31H38N6O6/c1-3-17(2)27(31(42)43)37-30(41)26(13-19-15-34-24-11-7-5-9-21(19)24)36-29(40)25(35-28(39)22(32)16-38)12-18-14-33-23-10-6-4-8-20(18)23/h4-11,14-15,17,22,25-27,33-34,38H,3,12-13,16,32H2,1-2H3,(H,35,39)(H,36,40)(H,37,41)(H,42,43). The summed E-state index contributed by atoms with van der Waals surface area (Å²) >= 11 is 0. The lowest BCUT2D eigenvalue weighted by atomic mass is 9.97. The third kappa shape index (κ3) is 7.40. The Hall–Kier alpha value is -4.68. The number of para-hydroxylation sites is 2. The number of fused-ring (bicyclic) bond motifs is 2. The molecule has 3 amide bonds. The third-order valence-corrected chi connectivity index (χ3v) is 7.77. The number of carboxylic acid groups (broad SMARTS) is 1. The average molecular weight is 591 g/mol. The Morgan fingerprint density at radius 1 is 0.791 bits per heavy atom. The number of hydrogen-bond donors (Lipinski definition) is 8. The highest BCUT2D eigenvalue weighted by molar-refractivity contribution is 5.95. The van der Waals surface area contributed by atoms with Gasteiger partial charge in [0.05, 0.1) is 6.61 Å². The molecule has 2 aromatic carbocycles. The second-order valence-electron chi connectivity index (χ2n) is 10.7. The molecule has 5 unspecified atom stereocenters. The van der Waals surface area contributed by atoms with Crippen LogP contribution >= 0.6 is 0 Å². The lowest BCUT2D eigenvalue weighted by Gasteiger charge is -2.26. The SMILES string of the molecule is CCC(C)C(NC(=O)C(Cc1c[nH]c2ccccc12)NC(=O)C(Cc1c[nH]c2ccccc12)NC(=O)C(N)CO)C(=O)O. The van der Waals surface area contributed by atoms with Crippen molar-refractivity contribution in [1.82, 2.24) is 25.9 Å². The molecule has 2 aromatic heterocycles. The number of carbonyl (C=O) groups excluding carboxylic acids is 3. The summed E-state index contributed by atoms with van der Waals surface area (Å²) in [5.41, 5.74) is 8.89. The maximum Gasteiger partial charge on any atom is 0.326 e. The van der Waals surface area contributed by atoms with Crippen LogP contribution in [0.2, 0.25) is 0 Å². The van der Waals surface area contributed by atoms with Gasteiger partial charge in [0.1, 0.15) is 24.2 Å². The van der Waals surface area contributed by atoms with Crippen LogP contribution in [0, 0.1) is 5.92 Å². The first-order valence-electron chi connectivity index (χ1n) is 14.2. The number of carbonyl (C=O) groups is 4. The molecular formula is C31H38N6O6. The maximum atomic E-state index is 13.8. The van der Waals surface area contributed by atoms with Gasteiger partial charge in [-0.25, -0.2) is 4.79 Å². The molecule has 0 aliphatic heterocycles. The monoisotopic (exact) mass is 590 g/mol. The number of aromatic nitrogens is 2. The second kappa shape index (κ2) is 14.0.